The molecule has 0 bridgehead atoms. The molecule has 0 radical (unpaired) electrons. The van der Waals surface area contributed by atoms with Crippen molar-refractivity contribution < 1.29 is 14.7 Å². The normalized spacial score (nSPS) is 10.8. The number of hydroxylamine groups is 2. The highest BCUT2D eigenvalue weighted by molar-refractivity contribution is 4.41. The second kappa shape index (κ2) is 6.95. The van der Waals surface area contributed by atoms with Gasteiger partial charge in [0.05, 0.1) is 13.2 Å². The van der Waals surface area contributed by atoms with E-state index in [0.717, 1.165) is 0 Å². The maximum absolute atomic E-state index is 8.98. The summed E-state index contributed by atoms with van der Waals surface area (Å²) >= 11 is 0. The number of ether oxygens (including phenoxy) is 2. The maximum Gasteiger partial charge on any atom is 0.0612 e. The molecule has 0 rings (SSSR count). The summed E-state index contributed by atoms with van der Waals surface area (Å²) in [6.07, 6.45) is 0. The molecule has 0 aromatic heterocycles. The highest BCUT2D eigenvalue weighted by atomic mass is 16.5. The molecule has 0 aliphatic heterocycles. The van der Waals surface area contributed by atoms with E-state index in [4.69, 9.17) is 14.7 Å². The van der Waals surface area contributed by atoms with Crippen molar-refractivity contribution in [1.29, 1.82) is 0 Å². The third-order valence-electron chi connectivity index (χ3n) is 1.11. The van der Waals surface area contributed by atoms with Crippen LogP contribution in [0.15, 0.2) is 0 Å². The second-order valence-corrected chi connectivity index (χ2v) is 1.94. The Balaban J connectivity index is 3.00. The molecule has 10 heavy (non-hydrogen) atoms. The standard InChI is InChI=1S/C6H15NO3/c1-9-5-3-7(8)4-6-10-2/h8H,3-6H2,1-2H3. The zero-order valence-corrected chi connectivity index (χ0v) is 6.54. The van der Waals surface area contributed by atoms with Crippen molar-refractivity contribution in [2.75, 3.05) is 40.5 Å². The van der Waals surface area contributed by atoms with Gasteiger partial charge in [-0.2, -0.15) is 5.06 Å². The van der Waals surface area contributed by atoms with Crippen molar-refractivity contribution >= 4 is 0 Å². The molecule has 0 unspecified atom stereocenters. The number of hydrogen-bond donors (Lipinski definition) is 1. The van der Waals surface area contributed by atoms with Gasteiger partial charge in [0.1, 0.15) is 0 Å². The monoisotopic (exact) mass is 149 g/mol. The van der Waals surface area contributed by atoms with Crippen LogP contribution in [0.5, 0.6) is 0 Å². The van der Waals surface area contributed by atoms with E-state index in [0.29, 0.717) is 26.3 Å². The van der Waals surface area contributed by atoms with E-state index >= 15 is 0 Å². The molecule has 4 nitrogen and oxygen atoms in total. The molecule has 0 aromatic carbocycles. The van der Waals surface area contributed by atoms with Crippen LogP contribution in [-0.2, 0) is 9.47 Å². The Morgan fingerprint density at radius 1 is 1.10 bits per heavy atom. The summed E-state index contributed by atoms with van der Waals surface area (Å²) in [4.78, 5) is 0. The molecule has 0 heterocycles. The van der Waals surface area contributed by atoms with Crippen LogP contribution < -0.4 is 0 Å². The van der Waals surface area contributed by atoms with E-state index in [2.05, 4.69) is 0 Å². The van der Waals surface area contributed by atoms with Crippen LogP contribution in [0.25, 0.3) is 0 Å². The summed E-state index contributed by atoms with van der Waals surface area (Å²) in [5, 5.41) is 10.2. The number of methoxy groups -OCH3 is 2. The summed E-state index contributed by atoms with van der Waals surface area (Å²) in [5.41, 5.74) is 0. The van der Waals surface area contributed by atoms with Crippen molar-refractivity contribution in [2.24, 2.45) is 0 Å². The second-order valence-electron chi connectivity index (χ2n) is 1.94. The van der Waals surface area contributed by atoms with Gasteiger partial charge in [0.25, 0.3) is 0 Å². The Hall–Kier alpha value is -0.160. The Morgan fingerprint density at radius 2 is 1.50 bits per heavy atom. The van der Waals surface area contributed by atoms with Gasteiger partial charge in [-0.3, -0.25) is 0 Å². The molecule has 0 fully saturated rings. The molecule has 0 atom stereocenters. The minimum Gasteiger partial charge on any atom is -0.383 e. The van der Waals surface area contributed by atoms with Gasteiger partial charge in [0.2, 0.25) is 0 Å². The maximum atomic E-state index is 8.98. The molecule has 0 aromatic rings. The highest BCUT2D eigenvalue weighted by Gasteiger charge is 1.96. The summed E-state index contributed by atoms with van der Waals surface area (Å²) in [6.45, 7) is 2.14. The zero-order valence-electron chi connectivity index (χ0n) is 6.54. The van der Waals surface area contributed by atoms with Crippen LogP contribution in [-0.4, -0.2) is 50.8 Å². The van der Waals surface area contributed by atoms with Crippen LogP contribution >= 0.6 is 0 Å². The lowest BCUT2D eigenvalue weighted by Gasteiger charge is -2.12. The van der Waals surface area contributed by atoms with E-state index < -0.39 is 0 Å². The molecular weight excluding hydrogens is 134 g/mol. The van der Waals surface area contributed by atoms with Gasteiger partial charge in [0.15, 0.2) is 0 Å². The van der Waals surface area contributed by atoms with Gasteiger partial charge in [-0.1, -0.05) is 0 Å². The Bertz CT molecular complexity index is 62.0. The lowest BCUT2D eigenvalue weighted by molar-refractivity contribution is -0.110. The average Bonchev–Trinajstić information content (AvgIpc) is 1.97. The van der Waals surface area contributed by atoms with Crippen LogP contribution in [0.2, 0.25) is 0 Å². The van der Waals surface area contributed by atoms with Crippen molar-refractivity contribution in [1.82, 2.24) is 5.06 Å². The van der Waals surface area contributed by atoms with E-state index in [1.165, 1.54) is 5.06 Å². The minimum absolute atomic E-state index is 0.528. The summed E-state index contributed by atoms with van der Waals surface area (Å²) in [5.74, 6) is 0. The lowest BCUT2D eigenvalue weighted by atomic mass is 10.6. The summed E-state index contributed by atoms with van der Waals surface area (Å²) in [6, 6.07) is 0. The smallest absolute Gasteiger partial charge is 0.0612 e. The molecule has 0 aliphatic rings. The zero-order chi connectivity index (χ0) is 7.82. The first-order chi connectivity index (χ1) is 4.81. The Labute approximate surface area is 61.3 Å². The molecule has 0 saturated carbocycles. The molecule has 1 N–H and O–H groups in total. The average molecular weight is 149 g/mol. The lowest BCUT2D eigenvalue weighted by Crippen LogP contribution is -2.27. The van der Waals surface area contributed by atoms with E-state index in [1.807, 2.05) is 0 Å². The molecule has 0 spiro atoms. The van der Waals surface area contributed by atoms with Crippen molar-refractivity contribution in [3.8, 4) is 0 Å². The predicted octanol–water partition coefficient (Wildman–Crippen LogP) is -0.0296. The Morgan fingerprint density at radius 3 is 1.80 bits per heavy atom. The van der Waals surface area contributed by atoms with Gasteiger partial charge in [-0.05, 0) is 0 Å². The largest absolute Gasteiger partial charge is 0.383 e. The van der Waals surface area contributed by atoms with Gasteiger partial charge in [0, 0.05) is 27.3 Å². The van der Waals surface area contributed by atoms with E-state index in [1.54, 1.807) is 14.2 Å². The first kappa shape index (κ1) is 9.84. The quantitative estimate of drug-likeness (QED) is 0.538. The van der Waals surface area contributed by atoms with Gasteiger partial charge < -0.3 is 14.7 Å². The fourth-order valence-electron chi connectivity index (χ4n) is 0.505. The first-order valence-electron chi connectivity index (χ1n) is 3.23. The van der Waals surface area contributed by atoms with Gasteiger partial charge >= 0.3 is 0 Å². The molecule has 4 heteroatoms. The summed E-state index contributed by atoms with van der Waals surface area (Å²) in [7, 11) is 3.20. The molecule has 62 valence electrons. The van der Waals surface area contributed by atoms with E-state index in [-0.39, 0.29) is 0 Å². The van der Waals surface area contributed by atoms with Crippen molar-refractivity contribution in [2.45, 2.75) is 0 Å². The molecule has 0 saturated heterocycles. The first-order valence-corrected chi connectivity index (χ1v) is 3.23. The van der Waals surface area contributed by atoms with Gasteiger partial charge in [-0.25, -0.2) is 0 Å². The number of hydrogen-bond acceptors (Lipinski definition) is 4. The molecule has 0 amide bonds. The number of rotatable bonds is 6. The molecule has 0 aliphatic carbocycles. The van der Waals surface area contributed by atoms with E-state index in [9.17, 15) is 0 Å². The van der Waals surface area contributed by atoms with Crippen LogP contribution in [0, 0.1) is 0 Å². The van der Waals surface area contributed by atoms with Crippen LogP contribution in [0.4, 0.5) is 0 Å². The highest BCUT2D eigenvalue weighted by Crippen LogP contribution is 1.81. The van der Waals surface area contributed by atoms with Gasteiger partial charge in [-0.15, -0.1) is 0 Å². The van der Waals surface area contributed by atoms with Crippen LogP contribution in [0.3, 0.4) is 0 Å². The SMILES string of the molecule is COCCN(O)CCOC. The minimum atomic E-state index is 0.528. The topological polar surface area (TPSA) is 41.9 Å². The van der Waals surface area contributed by atoms with Crippen molar-refractivity contribution in [3.63, 3.8) is 0 Å². The third-order valence-corrected chi connectivity index (χ3v) is 1.11. The summed E-state index contributed by atoms with van der Waals surface area (Å²) < 4.78 is 9.50. The Kier molecular flexibility index (Phi) is 6.84. The van der Waals surface area contributed by atoms with Crippen LogP contribution in [0.1, 0.15) is 0 Å². The fraction of sp³-hybridized carbons (Fsp3) is 1.00. The fourth-order valence-corrected chi connectivity index (χ4v) is 0.505. The van der Waals surface area contributed by atoms with Crippen molar-refractivity contribution in [3.05, 3.63) is 0 Å². The third kappa shape index (κ3) is 5.97. The molecular formula is C6H15NO3. The number of nitrogens with zero attached hydrogens (tertiary/aromatic N) is 1. The predicted molar refractivity (Wildman–Crippen MR) is 37.1 cm³/mol.